The molecule has 190 valence electrons. The van der Waals surface area contributed by atoms with E-state index in [0.717, 1.165) is 40.1 Å². The number of nitro groups is 1. The standard InChI is InChI=1S/C29H24N4O5/c1-2-6-21(28(34)32-38-29(35)22-7-5-8-24(16-22)33(36)37)15-19-11-13-20(14-12-19)27-23(17-30)18-31-26-10-4-3-9-25(26)27/h3-5,7-14,16,18,21H,2,6,15H2,1H3,(H,32,34). The van der Waals surface area contributed by atoms with Gasteiger partial charge in [-0.05, 0) is 36.1 Å². The smallest absolute Gasteiger partial charge is 0.335 e. The molecule has 0 radical (unpaired) electrons. The molecule has 0 bridgehead atoms. The number of nitro benzene ring substituents is 1. The molecule has 1 aromatic heterocycles. The normalized spacial score (nSPS) is 11.4. The number of rotatable bonds is 8. The molecular formula is C29H24N4O5. The van der Waals surface area contributed by atoms with Crippen LogP contribution in [0.3, 0.4) is 0 Å². The Kier molecular flexibility index (Phi) is 8.04. The van der Waals surface area contributed by atoms with Crippen LogP contribution < -0.4 is 5.48 Å². The Bertz CT molecular complexity index is 1540. The summed E-state index contributed by atoms with van der Waals surface area (Å²) in [6.45, 7) is 1.95. The summed E-state index contributed by atoms with van der Waals surface area (Å²) in [5.41, 5.74) is 5.77. The molecule has 0 fully saturated rings. The van der Waals surface area contributed by atoms with Gasteiger partial charge in [0.05, 0.1) is 21.6 Å². The second-order valence-corrected chi connectivity index (χ2v) is 8.73. The molecule has 1 atom stereocenters. The van der Waals surface area contributed by atoms with Gasteiger partial charge in [-0.3, -0.25) is 19.9 Å². The van der Waals surface area contributed by atoms with E-state index in [2.05, 4.69) is 16.5 Å². The van der Waals surface area contributed by atoms with Crippen molar-refractivity contribution in [2.75, 3.05) is 0 Å². The predicted molar refractivity (Wildman–Crippen MR) is 141 cm³/mol. The molecule has 0 aliphatic carbocycles. The lowest BCUT2D eigenvalue weighted by Gasteiger charge is -2.16. The number of pyridine rings is 1. The monoisotopic (exact) mass is 508 g/mol. The number of amides is 1. The Labute approximate surface area is 218 Å². The fourth-order valence-electron chi connectivity index (χ4n) is 4.29. The van der Waals surface area contributed by atoms with Gasteiger partial charge in [-0.15, -0.1) is 0 Å². The van der Waals surface area contributed by atoms with Crippen LogP contribution in [0, 0.1) is 27.4 Å². The van der Waals surface area contributed by atoms with Crippen molar-refractivity contribution in [2.24, 2.45) is 5.92 Å². The number of hydroxylamine groups is 1. The van der Waals surface area contributed by atoms with Crippen LogP contribution >= 0.6 is 0 Å². The van der Waals surface area contributed by atoms with Crippen LogP contribution in [-0.4, -0.2) is 21.8 Å². The van der Waals surface area contributed by atoms with Crippen molar-refractivity contribution >= 4 is 28.5 Å². The number of carbonyl (C=O) groups excluding carboxylic acids is 2. The van der Waals surface area contributed by atoms with E-state index in [1.165, 1.54) is 18.2 Å². The lowest BCUT2D eigenvalue weighted by atomic mass is 9.92. The zero-order valence-electron chi connectivity index (χ0n) is 20.6. The van der Waals surface area contributed by atoms with Gasteiger partial charge in [0.15, 0.2) is 0 Å². The van der Waals surface area contributed by atoms with Crippen molar-refractivity contribution in [2.45, 2.75) is 26.2 Å². The van der Waals surface area contributed by atoms with Crippen LogP contribution in [0.1, 0.15) is 41.3 Å². The zero-order valence-corrected chi connectivity index (χ0v) is 20.6. The van der Waals surface area contributed by atoms with Crippen LogP contribution in [0.5, 0.6) is 0 Å². The predicted octanol–water partition coefficient (Wildman–Crippen LogP) is 5.53. The maximum atomic E-state index is 12.8. The highest BCUT2D eigenvalue weighted by atomic mass is 16.7. The quantitative estimate of drug-likeness (QED) is 0.244. The fourth-order valence-corrected chi connectivity index (χ4v) is 4.29. The Hall–Kier alpha value is -5.10. The summed E-state index contributed by atoms with van der Waals surface area (Å²) < 4.78 is 0. The number of para-hydroxylation sites is 1. The summed E-state index contributed by atoms with van der Waals surface area (Å²) in [6, 6.07) is 22.6. The molecule has 4 rings (SSSR count). The van der Waals surface area contributed by atoms with Gasteiger partial charge in [-0.25, -0.2) is 4.79 Å². The van der Waals surface area contributed by atoms with Crippen molar-refractivity contribution in [3.05, 3.63) is 106 Å². The Morgan fingerprint density at radius 2 is 1.87 bits per heavy atom. The molecule has 3 aromatic carbocycles. The molecule has 0 aliphatic rings. The highest BCUT2D eigenvalue weighted by Gasteiger charge is 2.21. The molecule has 1 unspecified atom stereocenters. The summed E-state index contributed by atoms with van der Waals surface area (Å²) in [4.78, 5) is 44.7. The number of hydrogen-bond donors (Lipinski definition) is 1. The minimum atomic E-state index is -0.889. The SMILES string of the molecule is CCCC(Cc1ccc(-c2c(C#N)cnc3ccccc23)cc1)C(=O)NOC(=O)c1cccc([N+](=O)[O-])c1. The average Bonchev–Trinajstić information content (AvgIpc) is 2.95. The van der Waals surface area contributed by atoms with Crippen molar-refractivity contribution in [3.8, 4) is 17.2 Å². The largest absolute Gasteiger partial charge is 0.363 e. The van der Waals surface area contributed by atoms with Gasteiger partial charge in [0, 0.05) is 35.2 Å². The minimum absolute atomic E-state index is 0.0393. The Morgan fingerprint density at radius 3 is 2.58 bits per heavy atom. The molecule has 0 spiro atoms. The lowest BCUT2D eigenvalue weighted by Crippen LogP contribution is -2.34. The summed E-state index contributed by atoms with van der Waals surface area (Å²) in [5, 5.41) is 21.5. The van der Waals surface area contributed by atoms with E-state index in [9.17, 15) is 25.0 Å². The molecule has 4 aromatic rings. The molecule has 9 nitrogen and oxygen atoms in total. The molecule has 1 heterocycles. The molecule has 0 saturated carbocycles. The number of nitrogens with one attached hydrogen (secondary N) is 1. The van der Waals surface area contributed by atoms with Crippen molar-refractivity contribution < 1.29 is 19.3 Å². The molecule has 0 saturated heterocycles. The third-order valence-electron chi connectivity index (χ3n) is 6.17. The number of non-ortho nitro benzene ring substituents is 1. The molecule has 9 heteroatoms. The zero-order chi connectivity index (χ0) is 27.1. The summed E-state index contributed by atoms with van der Waals surface area (Å²) in [6.07, 6.45) is 3.29. The van der Waals surface area contributed by atoms with E-state index in [1.807, 2.05) is 55.5 Å². The second kappa shape index (κ2) is 11.8. The Balaban J connectivity index is 1.47. The first kappa shape index (κ1) is 26.0. The maximum Gasteiger partial charge on any atom is 0.363 e. The highest BCUT2D eigenvalue weighted by Crippen LogP contribution is 2.31. The van der Waals surface area contributed by atoms with Crippen LogP contribution in [0.4, 0.5) is 5.69 Å². The number of benzene rings is 3. The molecule has 0 aliphatic heterocycles. The van der Waals surface area contributed by atoms with Gasteiger partial charge in [0.2, 0.25) is 0 Å². The summed E-state index contributed by atoms with van der Waals surface area (Å²) in [5.74, 6) is -1.80. The minimum Gasteiger partial charge on any atom is -0.335 e. The molecule has 1 amide bonds. The Morgan fingerprint density at radius 1 is 1.11 bits per heavy atom. The van der Waals surface area contributed by atoms with Crippen LogP contribution in [-0.2, 0) is 16.1 Å². The first-order valence-electron chi connectivity index (χ1n) is 12.0. The number of nitrogens with zero attached hydrogens (tertiary/aromatic N) is 3. The van der Waals surface area contributed by atoms with E-state index in [-0.39, 0.29) is 11.3 Å². The van der Waals surface area contributed by atoms with E-state index < -0.39 is 22.7 Å². The third-order valence-corrected chi connectivity index (χ3v) is 6.17. The van der Waals surface area contributed by atoms with Crippen molar-refractivity contribution in [3.63, 3.8) is 0 Å². The number of hydrogen-bond acceptors (Lipinski definition) is 7. The van der Waals surface area contributed by atoms with Gasteiger partial charge in [0.25, 0.3) is 11.6 Å². The molecular weight excluding hydrogens is 484 g/mol. The topological polar surface area (TPSA) is 135 Å². The first-order valence-corrected chi connectivity index (χ1v) is 12.0. The third kappa shape index (κ3) is 5.82. The summed E-state index contributed by atoms with van der Waals surface area (Å²) in [7, 11) is 0. The van der Waals surface area contributed by atoms with Gasteiger partial charge >= 0.3 is 5.97 Å². The average molecular weight is 509 g/mol. The number of aromatic nitrogens is 1. The number of fused-ring (bicyclic) bond motifs is 1. The van der Waals surface area contributed by atoms with E-state index in [4.69, 9.17) is 4.84 Å². The lowest BCUT2D eigenvalue weighted by molar-refractivity contribution is -0.384. The second-order valence-electron chi connectivity index (χ2n) is 8.73. The van der Waals surface area contributed by atoms with Crippen molar-refractivity contribution in [1.82, 2.24) is 10.5 Å². The summed E-state index contributed by atoms with van der Waals surface area (Å²) >= 11 is 0. The van der Waals surface area contributed by atoms with Gasteiger partial charge in [0.1, 0.15) is 6.07 Å². The van der Waals surface area contributed by atoms with E-state index in [0.29, 0.717) is 18.4 Å². The first-order chi connectivity index (χ1) is 18.4. The molecule has 1 N–H and O–H groups in total. The molecule has 38 heavy (non-hydrogen) atoms. The van der Waals surface area contributed by atoms with Gasteiger partial charge in [-0.1, -0.05) is 61.9 Å². The highest BCUT2D eigenvalue weighted by molar-refractivity contribution is 5.97. The van der Waals surface area contributed by atoms with Crippen LogP contribution in [0.25, 0.3) is 22.0 Å². The van der Waals surface area contributed by atoms with Gasteiger partial charge < -0.3 is 4.84 Å². The number of carbonyl (C=O) groups is 2. The van der Waals surface area contributed by atoms with E-state index in [1.54, 1.807) is 6.20 Å². The fraction of sp³-hybridized carbons (Fsp3) is 0.172. The van der Waals surface area contributed by atoms with E-state index >= 15 is 0 Å². The van der Waals surface area contributed by atoms with Crippen LogP contribution in [0.2, 0.25) is 0 Å². The van der Waals surface area contributed by atoms with Crippen molar-refractivity contribution in [1.29, 1.82) is 5.26 Å². The maximum absolute atomic E-state index is 12.8. The van der Waals surface area contributed by atoms with Crippen LogP contribution in [0.15, 0.2) is 79.0 Å². The van der Waals surface area contributed by atoms with Gasteiger partial charge in [-0.2, -0.15) is 10.7 Å². The number of nitriles is 1.